The summed E-state index contributed by atoms with van der Waals surface area (Å²) in [5.41, 5.74) is 2.73. The van der Waals surface area contributed by atoms with E-state index in [4.69, 9.17) is 4.74 Å². The summed E-state index contributed by atoms with van der Waals surface area (Å²) in [6, 6.07) is 6.89. The van der Waals surface area contributed by atoms with Gasteiger partial charge in [0.15, 0.2) is 0 Å². The number of nitrogens with one attached hydrogen (secondary N) is 2. The summed E-state index contributed by atoms with van der Waals surface area (Å²) in [6.07, 6.45) is 3.56. The SMILES string of the molecule is CC1(C)CCC(CNC(=O)NC(C(=O)[O-])C2CCCOC2)c2ccccc21.[K+]. The smallest absolute Gasteiger partial charge is 0.548 e. The van der Waals surface area contributed by atoms with E-state index >= 15 is 0 Å². The quantitative estimate of drug-likeness (QED) is 0.588. The molecule has 6 nitrogen and oxygen atoms in total. The number of aliphatic carboxylic acids is 1. The molecule has 2 N–H and O–H groups in total. The van der Waals surface area contributed by atoms with Crippen LogP contribution in [-0.4, -0.2) is 37.8 Å². The summed E-state index contributed by atoms with van der Waals surface area (Å²) in [5.74, 6) is -1.27. The van der Waals surface area contributed by atoms with Gasteiger partial charge in [-0.15, -0.1) is 0 Å². The topological polar surface area (TPSA) is 90.5 Å². The number of carbonyl (C=O) groups excluding carboxylic acids is 2. The van der Waals surface area contributed by atoms with Gasteiger partial charge in [-0.1, -0.05) is 38.1 Å². The van der Waals surface area contributed by atoms with Gasteiger partial charge in [-0.2, -0.15) is 0 Å². The molecule has 0 bridgehead atoms. The minimum Gasteiger partial charge on any atom is -0.548 e. The summed E-state index contributed by atoms with van der Waals surface area (Å²) in [6.45, 7) is 5.96. The van der Waals surface area contributed by atoms with Crippen LogP contribution in [0.25, 0.3) is 0 Å². The van der Waals surface area contributed by atoms with Crippen LogP contribution in [0.4, 0.5) is 4.79 Å². The number of carboxylic acids is 1. The number of ether oxygens (including phenoxy) is 1. The van der Waals surface area contributed by atoms with E-state index in [1.807, 2.05) is 6.07 Å². The van der Waals surface area contributed by atoms with Gasteiger partial charge in [-0.25, -0.2) is 4.79 Å². The molecule has 7 heteroatoms. The summed E-state index contributed by atoms with van der Waals surface area (Å²) in [5, 5.41) is 16.9. The van der Waals surface area contributed by atoms with E-state index in [0.717, 1.165) is 19.3 Å². The second-order valence-corrected chi connectivity index (χ2v) is 8.34. The van der Waals surface area contributed by atoms with Crippen LogP contribution in [-0.2, 0) is 14.9 Å². The molecule has 3 atom stereocenters. The Bertz CT molecular complexity index is 689. The molecular formula is C21H29KN2O4. The number of rotatable bonds is 5. The molecule has 0 aromatic heterocycles. The van der Waals surface area contributed by atoms with Crippen molar-refractivity contribution in [1.82, 2.24) is 10.6 Å². The van der Waals surface area contributed by atoms with Gasteiger partial charge >= 0.3 is 57.4 Å². The van der Waals surface area contributed by atoms with Crippen molar-refractivity contribution >= 4 is 12.0 Å². The molecule has 148 valence electrons. The van der Waals surface area contributed by atoms with Crippen molar-refractivity contribution in [1.29, 1.82) is 0 Å². The van der Waals surface area contributed by atoms with E-state index in [0.29, 0.717) is 26.2 Å². The number of fused-ring (bicyclic) bond motifs is 1. The Morgan fingerprint density at radius 2 is 2.04 bits per heavy atom. The fourth-order valence-corrected chi connectivity index (χ4v) is 4.31. The van der Waals surface area contributed by atoms with Gasteiger partial charge in [-0.3, -0.25) is 0 Å². The van der Waals surface area contributed by atoms with Gasteiger partial charge in [0.2, 0.25) is 0 Å². The summed E-state index contributed by atoms with van der Waals surface area (Å²) in [4.78, 5) is 23.8. The molecule has 1 aromatic carbocycles. The van der Waals surface area contributed by atoms with Gasteiger partial charge in [-0.05, 0) is 42.2 Å². The first-order valence-electron chi connectivity index (χ1n) is 9.81. The van der Waals surface area contributed by atoms with Crippen molar-refractivity contribution in [3.05, 3.63) is 35.4 Å². The van der Waals surface area contributed by atoms with Crippen LogP contribution < -0.4 is 67.1 Å². The largest absolute Gasteiger partial charge is 1.00 e. The Morgan fingerprint density at radius 1 is 1.29 bits per heavy atom. The predicted molar refractivity (Wildman–Crippen MR) is 100 cm³/mol. The maximum Gasteiger partial charge on any atom is 1.00 e. The minimum atomic E-state index is -1.26. The maximum atomic E-state index is 12.3. The molecule has 0 saturated carbocycles. The second-order valence-electron chi connectivity index (χ2n) is 8.34. The standard InChI is InChI=1S/C21H30N2O4.K/c1-21(2)10-9-14(16-7-3-4-8-17(16)21)12-22-20(26)23-18(19(24)25)15-6-5-11-27-13-15;/h3-4,7-8,14-15,18H,5-6,9-13H2,1-2H3,(H,24,25)(H2,22,23,26);/q;+1/p-1. The van der Waals surface area contributed by atoms with Crippen molar-refractivity contribution in [2.45, 2.75) is 56.9 Å². The van der Waals surface area contributed by atoms with Crippen LogP contribution in [0.2, 0.25) is 0 Å². The Labute approximate surface area is 209 Å². The Kier molecular flexibility index (Phi) is 8.98. The molecule has 1 saturated heterocycles. The summed E-state index contributed by atoms with van der Waals surface area (Å²) < 4.78 is 5.35. The molecule has 3 unspecified atom stereocenters. The first kappa shape index (κ1) is 23.8. The first-order valence-corrected chi connectivity index (χ1v) is 9.81. The van der Waals surface area contributed by atoms with Crippen molar-refractivity contribution < 1.29 is 70.8 Å². The molecule has 1 aliphatic heterocycles. The number of urea groups is 1. The molecule has 0 spiro atoms. The predicted octanol–water partition coefficient (Wildman–Crippen LogP) is -1.31. The van der Waals surface area contributed by atoms with Gasteiger partial charge in [0.05, 0.1) is 18.6 Å². The third kappa shape index (κ3) is 5.80. The fraction of sp³-hybridized carbons (Fsp3) is 0.619. The molecule has 1 fully saturated rings. The van der Waals surface area contributed by atoms with Gasteiger partial charge in [0.1, 0.15) is 0 Å². The third-order valence-electron chi connectivity index (χ3n) is 5.96. The Morgan fingerprint density at radius 3 is 2.71 bits per heavy atom. The Hall–Kier alpha value is -0.444. The summed E-state index contributed by atoms with van der Waals surface area (Å²) >= 11 is 0. The molecule has 1 heterocycles. The van der Waals surface area contributed by atoms with Crippen LogP contribution in [0.5, 0.6) is 0 Å². The number of amides is 2. The van der Waals surface area contributed by atoms with Crippen LogP contribution in [0.3, 0.4) is 0 Å². The monoisotopic (exact) mass is 412 g/mol. The van der Waals surface area contributed by atoms with Crippen LogP contribution >= 0.6 is 0 Å². The van der Waals surface area contributed by atoms with E-state index in [1.165, 1.54) is 11.1 Å². The summed E-state index contributed by atoms with van der Waals surface area (Å²) in [7, 11) is 0. The zero-order chi connectivity index (χ0) is 19.4. The van der Waals surface area contributed by atoms with Crippen molar-refractivity contribution in [2.24, 2.45) is 5.92 Å². The number of hydrogen-bond acceptors (Lipinski definition) is 4. The van der Waals surface area contributed by atoms with E-state index in [1.54, 1.807) is 0 Å². The van der Waals surface area contributed by atoms with E-state index in [2.05, 4.69) is 42.7 Å². The Balaban J connectivity index is 0.00000280. The van der Waals surface area contributed by atoms with E-state index in [-0.39, 0.29) is 68.6 Å². The first-order chi connectivity index (χ1) is 12.9. The van der Waals surface area contributed by atoms with Crippen LogP contribution in [0.1, 0.15) is 56.6 Å². The molecule has 0 radical (unpaired) electrons. The second kappa shape index (κ2) is 10.5. The van der Waals surface area contributed by atoms with Crippen molar-refractivity contribution in [3.63, 3.8) is 0 Å². The average Bonchev–Trinajstić information content (AvgIpc) is 2.66. The molecule has 28 heavy (non-hydrogen) atoms. The fourth-order valence-electron chi connectivity index (χ4n) is 4.31. The number of hydrogen-bond donors (Lipinski definition) is 2. The molecule has 1 aromatic rings. The maximum absolute atomic E-state index is 12.3. The number of benzene rings is 1. The molecular weight excluding hydrogens is 383 g/mol. The molecule has 2 amide bonds. The third-order valence-corrected chi connectivity index (χ3v) is 5.96. The van der Waals surface area contributed by atoms with E-state index in [9.17, 15) is 14.7 Å². The molecule has 1 aliphatic carbocycles. The van der Waals surface area contributed by atoms with Crippen LogP contribution in [0.15, 0.2) is 24.3 Å². The van der Waals surface area contributed by atoms with Crippen LogP contribution in [0, 0.1) is 5.92 Å². The van der Waals surface area contributed by atoms with E-state index < -0.39 is 18.0 Å². The average molecular weight is 413 g/mol. The molecule has 3 rings (SSSR count). The normalized spacial score (nSPS) is 24.2. The minimum absolute atomic E-state index is 0. The number of carbonyl (C=O) groups is 2. The number of carboxylic acid groups (broad SMARTS) is 1. The van der Waals surface area contributed by atoms with Gasteiger partial charge in [0.25, 0.3) is 0 Å². The zero-order valence-electron chi connectivity index (χ0n) is 17.1. The zero-order valence-corrected chi connectivity index (χ0v) is 20.2. The van der Waals surface area contributed by atoms with Crippen molar-refractivity contribution in [3.8, 4) is 0 Å². The van der Waals surface area contributed by atoms with Gasteiger partial charge in [0, 0.05) is 25.0 Å². The molecule has 2 aliphatic rings. The van der Waals surface area contributed by atoms with Gasteiger partial charge < -0.3 is 25.3 Å². The van der Waals surface area contributed by atoms with Crippen molar-refractivity contribution in [2.75, 3.05) is 19.8 Å².